The van der Waals surface area contributed by atoms with Gasteiger partial charge in [0.15, 0.2) is 0 Å². The molecule has 0 aromatic carbocycles. The molecule has 0 fully saturated rings. The molecule has 6 heavy (non-hydrogen) atoms. The summed E-state index contributed by atoms with van der Waals surface area (Å²) in [6.07, 6.45) is 0. The minimum Gasteiger partial charge on any atom is -0.747 e. The van der Waals surface area contributed by atoms with Crippen LogP contribution >= 0.6 is 0 Å². The highest BCUT2D eigenvalue weighted by molar-refractivity contribution is 4.18. The van der Waals surface area contributed by atoms with Crippen molar-refractivity contribution in [1.29, 1.82) is 0 Å². The predicted molar refractivity (Wildman–Crippen MR) is 19.5 cm³/mol. The lowest BCUT2D eigenvalue weighted by molar-refractivity contribution is -0.129. The zero-order valence-electron chi connectivity index (χ0n) is 3.34. The second kappa shape index (κ2) is 3.01. The highest BCUT2D eigenvalue weighted by Crippen LogP contribution is 1.65. The maximum Gasteiger partial charge on any atom is 0.0580 e. The standard InChI is InChI=1S/CH6N3O2/c1-6-4(5)3-2/h3H,2H2,1H3/q-1. The van der Waals surface area contributed by atoms with E-state index in [9.17, 15) is 5.21 Å². The second-order valence-corrected chi connectivity index (χ2v) is 0.569. The lowest BCUT2D eigenvalue weighted by Crippen LogP contribution is -2.37. The Morgan fingerprint density at radius 3 is 2.50 bits per heavy atom. The van der Waals surface area contributed by atoms with Crippen molar-refractivity contribution in [2.75, 3.05) is 7.11 Å². The largest absolute Gasteiger partial charge is 0.747 e. The van der Waals surface area contributed by atoms with E-state index < -0.39 is 0 Å². The van der Waals surface area contributed by atoms with Gasteiger partial charge in [-0.15, -0.1) is 0 Å². The molecule has 0 amide bonds. The van der Waals surface area contributed by atoms with Crippen LogP contribution in [-0.2, 0) is 4.84 Å². The zero-order valence-corrected chi connectivity index (χ0v) is 3.34. The normalized spacial score (nSPS) is 10.0. The van der Waals surface area contributed by atoms with Gasteiger partial charge in [0.2, 0.25) is 0 Å². The Bertz CT molecular complexity index is 28.0. The molecule has 0 atom stereocenters. The molecule has 5 heteroatoms. The monoisotopic (exact) mass is 92.0 g/mol. The summed E-state index contributed by atoms with van der Waals surface area (Å²) in [5, 5.41) is 9.67. The van der Waals surface area contributed by atoms with Gasteiger partial charge >= 0.3 is 0 Å². The third kappa shape index (κ3) is 2.06. The molecule has 0 spiro atoms. The molecule has 0 aliphatic rings. The molecule has 0 aromatic rings. The van der Waals surface area contributed by atoms with Crippen LogP contribution in [0, 0.1) is 5.21 Å². The number of nitrogens with zero attached hydrogens (tertiary/aromatic N) is 1. The molecule has 0 saturated heterocycles. The fourth-order valence-electron chi connectivity index (χ4n) is 0.0527. The van der Waals surface area contributed by atoms with Crippen LogP contribution in [0.15, 0.2) is 0 Å². The van der Waals surface area contributed by atoms with Crippen LogP contribution in [0.1, 0.15) is 0 Å². The Morgan fingerprint density at radius 2 is 2.50 bits per heavy atom. The smallest absolute Gasteiger partial charge is 0.0580 e. The highest BCUT2D eigenvalue weighted by atomic mass is 16.9. The summed E-state index contributed by atoms with van der Waals surface area (Å²) in [5.41, 5.74) is 1.67. The fraction of sp³-hybridized carbons (Fsp3) is 1.00. The van der Waals surface area contributed by atoms with Crippen LogP contribution in [-0.4, -0.2) is 12.4 Å². The van der Waals surface area contributed by atoms with Gasteiger partial charge in [0.05, 0.1) is 7.11 Å². The van der Waals surface area contributed by atoms with Gasteiger partial charge < -0.3 is 5.21 Å². The Hall–Kier alpha value is -0.200. The van der Waals surface area contributed by atoms with E-state index in [0.29, 0.717) is 0 Å². The Labute approximate surface area is 35.1 Å². The van der Waals surface area contributed by atoms with Gasteiger partial charge in [-0.05, 0) is 0 Å². The van der Waals surface area contributed by atoms with Crippen LogP contribution in [0.25, 0.3) is 0 Å². The molecule has 0 rings (SSSR count). The fourth-order valence-corrected chi connectivity index (χ4v) is 0.0527. The van der Waals surface area contributed by atoms with Gasteiger partial charge in [0.1, 0.15) is 0 Å². The first-order chi connectivity index (χ1) is 2.81. The molecule has 0 radical (unpaired) electrons. The molecule has 0 saturated carbocycles. The molecule has 0 aromatic heterocycles. The summed E-state index contributed by atoms with van der Waals surface area (Å²) in [6, 6.07) is 0. The molecule has 0 aliphatic heterocycles. The predicted octanol–water partition coefficient (Wildman–Crippen LogP) is -1.27. The third-order valence-electron chi connectivity index (χ3n) is 0.271. The number of hydrogen-bond donors (Lipinski definition) is 2. The van der Waals surface area contributed by atoms with Crippen molar-refractivity contribution in [2.24, 2.45) is 5.84 Å². The molecule has 5 nitrogen and oxygen atoms in total. The van der Waals surface area contributed by atoms with Crippen molar-refractivity contribution in [3.8, 4) is 0 Å². The average molecular weight is 92.1 g/mol. The van der Waals surface area contributed by atoms with Crippen LogP contribution in [0.4, 0.5) is 0 Å². The van der Waals surface area contributed by atoms with E-state index in [1.165, 1.54) is 7.11 Å². The van der Waals surface area contributed by atoms with Gasteiger partial charge in [0, 0.05) is 0 Å². The molecule has 0 unspecified atom stereocenters. The highest BCUT2D eigenvalue weighted by Gasteiger charge is 1.69. The Kier molecular flexibility index (Phi) is 2.91. The second-order valence-electron chi connectivity index (χ2n) is 0.569. The van der Waals surface area contributed by atoms with Crippen LogP contribution < -0.4 is 11.4 Å². The molecular weight excluding hydrogens is 86.0 g/mol. The number of rotatable bonds is 2. The molecule has 38 valence electrons. The van der Waals surface area contributed by atoms with Gasteiger partial charge in [-0.3, -0.25) is 10.7 Å². The maximum atomic E-state index is 9.64. The van der Waals surface area contributed by atoms with Crippen LogP contribution in [0.3, 0.4) is 0 Å². The summed E-state index contributed by atoms with van der Waals surface area (Å²) in [6.45, 7) is 0. The molecule has 0 aliphatic carbocycles. The number of nitrogens with one attached hydrogen (secondary N) is 1. The van der Waals surface area contributed by atoms with E-state index in [-0.39, 0.29) is 5.34 Å². The third-order valence-corrected chi connectivity index (χ3v) is 0.271. The Balaban J connectivity index is 2.75. The average Bonchev–Trinajstić information content (AvgIpc) is 1.65. The first-order valence-electron chi connectivity index (χ1n) is 1.29. The summed E-state index contributed by atoms with van der Waals surface area (Å²) in [7, 11) is 1.20. The minimum absolute atomic E-state index is 0.0278. The first kappa shape index (κ1) is 5.80. The molecular formula is CH6N3O2-. The van der Waals surface area contributed by atoms with E-state index in [1.54, 1.807) is 5.53 Å². The lowest BCUT2D eigenvalue weighted by atomic mass is 11.7. The number of hydrogen-bond acceptors (Lipinski definition) is 5. The lowest BCUT2D eigenvalue weighted by Gasteiger charge is -2.21. The SMILES string of the molecule is CON([O-])NN. The van der Waals surface area contributed by atoms with Gasteiger partial charge in [-0.1, -0.05) is 0 Å². The van der Waals surface area contributed by atoms with E-state index in [0.717, 1.165) is 0 Å². The van der Waals surface area contributed by atoms with E-state index in [4.69, 9.17) is 0 Å². The molecule has 0 heterocycles. The van der Waals surface area contributed by atoms with E-state index >= 15 is 0 Å². The summed E-state index contributed by atoms with van der Waals surface area (Å²) in [4.78, 5) is 3.94. The summed E-state index contributed by atoms with van der Waals surface area (Å²) in [5.74, 6) is 4.52. The summed E-state index contributed by atoms with van der Waals surface area (Å²) < 4.78 is 0. The van der Waals surface area contributed by atoms with E-state index in [1.807, 2.05) is 0 Å². The van der Waals surface area contributed by atoms with Crippen molar-refractivity contribution in [1.82, 2.24) is 10.9 Å². The van der Waals surface area contributed by atoms with Crippen LogP contribution in [0.2, 0.25) is 0 Å². The van der Waals surface area contributed by atoms with Gasteiger partial charge in [-0.25, -0.2) is 0 Å². The van der Waals surface area contributed by atoms with Crippen molar-refractivity contribution in [3.63, 3.8) is 0 Å². The van der Waals surface area contributed by atoms with Crippen LogP contribution in [0.5, 0.6) is 0 Å². The molecule has 3 N–H and O–H groups in total. The van der Waals surface area contributed by atoms with Gasteiger partial charge in [-0.2, -0.15) is 10.9 Å². The first-order valence-corrected chi connectivity index (χ1v) is 1.29. The Morgan fingerprint density at radius 1 is 2.00 bits per heavy atom. The molecule has 0 bridgehead atoms. The van der Waals surface area contributed by atoms with Crippen molar-refractivity contribution < 1.29 is 4.84 Å². The van der Waals surface area contributed by atoms with Gasteiger partial charge in [0.25, 0.3) is 0 Å². The number of hydrazine groups is 2. The zero-order chi connectivity index (χ0) is 4.99. The van der Waals surface area contributed by atoms with E-state index in [2.05, 4.69) is 10.7 Å². The van der Waals surface area contributed by atoms with Crippen molar-refractivity contribution in [3.05, 3.63) is 5.21 Å². The van der Waals surface area contributed by atoms with Crippen molar-refractivity contribution >= 4 is 0 Å². The minimum atomic E-state index is 0.0278. The van der Waals surface area contributed by atoms with Crippen molar-refractivity contribution in [2.45, 2.75) is 0 Å². The quantitative estimate of drug-likeness (QED) is 0.328. The topological polar surface area (TPSA) is 73.6 Å². The maximum absolute atomic E-state index is 9.64. The number of nitrogens with two attached hydrogens (primary N) is 1. The summed E-state index contributed by atoms with van der Waals surface area (Å²) >= 11 is 0.